The average Bonchev–Trinajstić information content (AvgIpc) is 2.55. The van der Waals surface area contributed by atoms with Gasteiger partial charge in [-0.3, -0.25) is 0 Å². The van der Waals surface area contributed by atoms with Gasteiger partial charge in [0.15, 0.2) is 0 Å². The molecule has 0 aliphatic heterocycles. The first-order valence-corrected chi connectivity index (χ1v) is 9.94. The van der Waals surface area contributed by atoms with E-state index in [2.05, 4.69) is 38.1 Å². The molecule has 0 amide bonds. The molecule has 0 aliphatic carbocycles. The predicted molar refractivity (Wildman–Crippen MR) is 101 cm³/mol. The molecule has 0 saturated heterocycles. The van der Waals surface area contributed by atoms with Crippen LogP contribution in [0.15, 0.2) is 24.3 Å². The van der Waals surface area contributed by atoms with Crippen LogP contribution in [0.25, 0.3) is 0 Å². The van der Waals surface area contributed by atoms with Gasteiger partial charge in [-0.15, -0.1) is 0 Å². The highest BCUT2D eigenvalue weighted by atomic mass is 14.0. The molecule has 0 unspecified atom stereocenters. The van der Waals surface area contributed by atoms with Crippen LogP contribution >= 0.6 is 0 Å². The van der Waals surface area contributed by atoms with Gasteiger partial charge in [0.1, 0.15) is 0 Å². The molecule has 0 atom stereocenters. The summed E-state index contributed by atoms with van der Waals surface area (Å²) in [5.41, 5.74) is 3.06. The highest BCUT2D eigenvalue weighted by Crippen LogP contribution is 2.13. The lowest BCUT2D eigenvalue weighted by Crippen LogP contribution is -1.90. The Kier molecular flexibility index (Phi) is 12.1. The highest BCUT2D eigenvalue weighted by molar-refractivity contribution is 5.22. The van der Waals surface area contributed by atoms with Crippen LogP contribution in [0.2, 0.25) is 0 Å². The fourth-order valence-corrected chi connectivity index (χ4v) is 3.09. The summed E-state index contributed by atoms with van der Waals surface area (Å²) in [6, 6.07) is 9.43. The molecule has 0 N–H and O–H groups in total. The summed E-state index contributed by atoms with van der Waals surface area (Å²) in [5, 5.41) is 0. The van der Waals surface area contributed by atoms with Gasteiger partial charge in [-0.1, -0.05) is 102 Å². The van der Waals surface area contributed by atoms with Gasteiger partial charge in [-0.05, 0) is 36.8 Å². The van der Waals surface area contributed by atoms with Crippen molar-refractivity contribution in [3.63, 3.8) is 0 Å². The molecular formula is C22H38. The number of unbranched alkanes of at least 4 members (excludes halogenated alkanes) is 10. The van der Waals surface area contributed by atoms with Gasteiger partial charge in [0.05, 0.1) is 0 Å². The van der Waals surface area contributed by atoms with E-state index in [1.165, 1.54) is 101 Å². The Labute approximate surface area is 139 Å². The zero-order valence-electron chi connectivity index (χ0n) is 15.2. The number of hydrogen-bond acceptors (Lipinski definition) is 0. The van der Waals surface area contributed by atoms with Crippen molar-refractivity contribution in [3.8, 4) is 0 Å². The van der Waals surface area contributed by atoms with E-state index in [4.69, 9.17) is 0 Å². The largest absolute Gasteiger partial charge is 0.0654 e. The molecule has 0 nitrogen and oxygen atoms in total. The van der Waals surface area contributed by atoms with Crippen molar-refractivity contribution in [1.82, 2.24) is 0 Å². The molecule has 0 spiro atoms. The maximum Gasteiger partial charge on any atom is -0.0279 e. The Balaban J connectivity index is 2.06. The Bertz CT molecular complexity index is 336. The first-order valence-electron chi connectivity index (χ1n) is 9.94. The predicted octanol–water partition coefficient (Wildman–Crippen LogP) is 7.49. The Hall–Kier alpha value is -0.780. The Morgan fingerprint density at radius 3 is 1.14 bits per heavy atom. The molecule has 0 radical (unpaired) electrons. The first kappa shape index (κ1) is 19.3. The second kappa shape index (κ2) is 13.9. The van der Waals surface area contributed by atoms with E-state index >= 15 is 0 Å². The van der Waals surface area contributed by atoms with Crippen LogP contribution in [-0.2, 0) is 12.8 Å². The standard InChI is InChI=1S/C22H38/c1-3-5-7-9-10-12-14-16-22-19-17-21(18-20-22)15-13-11-8-6-4-2/h17-20H,3-16H2,1-2H3. The van der Waals surface area contributed by atoms with Crippen molar-refractivity contribution in [3.05, 3.63) is 35.4 Å². The van der Waals surface area contributed by atoms with Crippen LogP contribution in [0.1, 0.15) is 102 Å². The van der Waals surface area contributed by atoms with E-state index < -0.39 is 0 Å². The van der Waals surface area contributed by atoms with E-state index in [1.807, 2.05) is 0 Å². The summed E-state index contributed by atoms with van der Waals surface area (Å²) in [6.45, 7) is 4.57. The summed E-state index contributed by atoms with van der Waals surface area (Å²) in [5.74, 6) is 0. The van der Waals surface area contributed by atoms with Gasteiger partial charge >= 0.3 is 0 Å². The van der Waals surface area contributed by atoms with Crippen molar-refractivity contribution in [1.29, 1.82) is 0 Å². The van der Waals surface area contributed by atoms with E-state index in [-0.39, 0.29) is 0 Å². The van der Waals surface area contributed by atoms with Crippen molar-refractivity contribution in [2.24, 2.45) is 0 Å². The number of rotatable bonds is 14. The van der Waals surface area contributed by atoms with Gasteiger partial charge < -0.3 is 0 Å². The summed E-state index contributed by atoms with van der Waals surface area (Å²) >= 11 is 0. The maximum absolute atomic E-state index is 2.36. The Morgan fingerprint density at radius 2 is 0.773 bits per heavy atom. The first-order chi connectivity index (χ1) is 10.9. The van der Waals surface area contributed by atoms with E-state index in [0.717, 1.165) is 0 Å². The molecule has 1 aromatic carbocycles. The zero-order valence-corrected chi connectivity index (χ0v) is 15.2. The molecule has 0 fully saturated rings. The summed E-state index contributed by atoms with van der Waals surface area (Å²) in [4.78, 5) is 0. The van der Waals surface area contributed by atoms with Gasteiger partial charge in [-0.2, -0.15) is 0 Å². The lowest BCUT2D eigenvalue weighted by Gasteiger charge is -2.05. The number of benzene rings is 1. The van der Waals surface area contributed by atoms with E-state index in [9.17, 15) is 0 Å². The molecule has 1 aromatic rings. The van der Waals surface area contributed by atoms with Crippen LogP contribution in [-0.4, -0.2) is 0 Å². The third-order valence-corrected chi connectivity index (χ3v) is 4.66. The van der Waals surface area contributed by atoms with Gasteiger partial charge in [0, 0.05) is 0 Å². The summed E-state index contributed by atoms with van der Waals surface area (Å²) in [7, 11) is 0. The summed E-state index contributed by atoms with van der Waals surface area (Å²) < 4.78 is 0. The molecule has 1 rings (SSSR count). The van der Waals surface area contributed by atoms with Gasteiger partial charge in [0.25, 0.3) is 0 Å². The smallest absolute Gasteiger partial charge is 0.0279 e. The molecule has 0 aromatic heterocycles. The topological polar surface area (TPSA) is 0 Å². The van der Waals surface area contributed by atoms with Crippen molar-refractivity contribution >= 4 is 0 Å². The molecule has 126 valence electrons. The normalized spacial score (nSPS) is 11.0. The average molecular weight is 303 g/mol. The van der Waals surface area contributed by atoms with Crippen molar-refractivity contribution < 1.29 is 0 Å². The maximum atomic E-state index is 2.36. The van der Waals surface area contributed by atoms with Gasteiger partial charge in [-0.25, -0.2) is 0 Å². The number of hydrogen-bond donors (Lipinski definition) is 0. The fourth-order valence-electron chi connectivity index (χ4n) is 3.09. The second-order valence-corrected chi connectivity index (χ2v) is 6.85. The van der Waals surface area contributed by atoms with Crippen LogP contribution in [0.5, 0.6) is 0 Å². The van der Waals surface area contributed by atoms with E-state index in [0.29, 0.717) is 0 Å². The van der Waals surface area contributed by atoms with Crippen LogP contribution in [0.4, 0.5) is 0 Å². The molecule has 22 heavy (non-hydrogen) atoms. The monoisotopic (exact) mass is 302 g/mol. The van der Waals surface area contributed by atoms with Crippen molar-refractivity contribution in [2.45, 2.75) is 104 Å². The third kappa shape index (κ3) is 10.0. The fraction of sp³-hybridized carbons (Fsp3) is 0.727. The zero-order chi connectivity index (χ0) is 15.9. The number of aryl methyl sites for hydroxylation is 2. The molecule has 0 saturated carbocycles. The minimum atomic E-state index is 1.27. The minimum Gasteiger partial charge on any atom is -0.0654 e. The lowest BCUT2D eigenvalue weighted by molar-refractivity contribution is 0.589. The van der Waals surface area contributed by atoms with Crippen LogP contribution < -0.4 is 0 Å². The van der Waals surface area contributed by atoms with Crippen LogP contribution in [0.3, 0.4) is 0 Å². The second-order valence-electron chi connectivity index (χ2n) is 6.85. The summed E-state index contributed by atoms with van der Waals surface area (Å²) in [6.07, 6.45) is 19.3. The molecule has 0 aliphatic rings. The highest BCUT2D eigenvalue weighted by Gasteiger charge is 1.97. The molecular weight excluding hydrogens is 264 g/mol. The third-order valence-electron chi connectivity index (χ3n) is 4.66. The van der Waals surface area contributed by atoms with Crippen LogP contribution in [0, 0.1) is 0 Å². The molecule has 0 heterocycles. The minimum absolute atomic E-state index is 1.27. The van der Waals surface area contributed by atoms with E-state index in [1.54, 1.807) is 0 Å². The van der Waals surface area contributed by atoms with Gasteiger partial charge in [0.2, 0.25) is 0 Å². The van der Waals surface area contributed by atoms with Crippen molar-refractivity contribution in [2.75, 3.05) is 0 Å². The molecule has 0 bridgehead atoms. The molecule has 0 heteroatoms. The quantitative estimate of drug-likeness (QED) is 0.312. The lowest BCUT2D eigenvalue weighted by atomic mass is 10.0. The Morgan fingerprint density at radius 1 is 0.455 bits per heavy atom. The SMILES string of the molecule is CCCCCCCCCc1ccc(CCCCCCC)cc1.